The molecule has 6 nitrogen and oxygen atoms in total. The number of hydrogen-bond acceptors (Lipinski definition) is 4. The third-order valence-corrected chi connectivity index (χ3v) is 4.89. The molecule has 0 bridgehead atoms. The van der Waals surface area contributed by atoms with Gasteiger partial charge in [0.2, 0.25) is 5.91 Å². The summed E-state index contributed by atoms with van der Waals surface area (Å²) in [6, 6.07) is 9.19. The van der Waals surface area contributed by atoms with Crippen LogP contribution in [0.1, 0.15) is 38.2 Å². The van der Waals surface area contributed by atoms with E-state index in [0.29, 0.717) is 32.2 Å². The Hall–Kier alpha value is -2.44. The Kier molecular flexibility index (Phi) is 7.12. The molecule has 26 heavy (non-hydrogen) atoms. The third-order valence-electron chi connectivity index (χ3n) is 4.89. The Balaban J connectivity index is 2.12. The fraction of sp³-hybridized carbons (Fsp3) is 0.400. The van der Waals surface area contributed by atoms with Gasteiger partial charge in [-0.15, -0.1) is 0 Å². The Bertz CT molecular complexity index is 685. The van der Waals surface area contributed by atoms with Gasteiger partial charge in [0.1, 0.15) is 6.04 Å². The molecule has 2 rings (SSSR count). The minimum absolute atomic E-state index is 0.217. The van der Waals surface area contributed by atoms with Crippen molar-refractivity contribution < 1.29 is 14.8 Å². The predicted octanol–water partition coefficient (Wildman–Crippen LogP) is 2.16. The van der Waals surface area contributed by atoms with E-state index < -0.39 is 17.4 Å². The molecule has 0 fully saturated rings. The maximum Gasteiger partial charge on any atom is 0.265 e. The van der Waals surface area contributed by atoms with Gasteiger partial charge >= 0.3 is 0 Å². The van der Waals surface area contributed by atoms with Gasteiger partial charge in [-0.05, 0) is 43.4 Å². The van der Waals surface area contributed by atoms with Gasteiger partial charge in [-0.3, -0.25) is 14.8 Å². The highest BCUT2D eigenvalue weighted by Gasteiger charge is 2.36. The molecule has 0 saturated heterocycles. The highest BCUT2D eigenvalue weighted by Crippen LogP contribution is 2.36. The highest BCUT2D eigenvalue weighted by molar-refractivity contribution is 5.92. The number of hydrogen-bond donors (Lipinski definition) is 4. The van der Waals surface area contributed by atoms with E-state index in [0.717, 1.165) is 11.1 Å². The number of carbonyl (C=O) groups excluding carboxylic acids is 2. The summed E-state index contributed by atoms with van der Waals surface area (Å²) >= 11 is 0. The van der Waals surface area contributed by atoms with E-state index in [1.807, 2.05) is 49.4 Å². The smallest absolute Gasteiger partial charge is 0.265 e. The summed E-state index contributed by atoms with van der Waals surface area (Å²) < 4.78 is 0. The van der Waals surface area contributed by atoms with E-state index in [1.165, 1.54) is 0 Å². The predicted molar refractivity (Wildman–Crippen MR) is 101 cm³/mol. The average molecular weight is 357 g/mol. The molecular formula is C20H27N3O3. The topological polar surface area (TPSA) is 104 Å². The number of allylic oxidation sites excluding steroid dienone is 3. The molecule has 0 aromatic heterocycles. The van der Waals surface area contributed by atoms with Crippen LogP contribution in [0.3, 0.4) is 0 Å². The number of amides is 2. The van der Waals surface area contributed by atoms with Gasteiger partial charge in [-0.25, -0.2) is 5.48 Å². The molecular weight excluding hydrogens is 330 g/mol. The van der Waals surface area contributed by atoms with E-state index >= 15 is 0 Å². The van der Waals surface area contributed by atoms with Gasteiger partial charge in [0.15, 0.2) is 0 Å². The lowest BCUT2D eigenvalue weighted by atomic mass is 9.76. The second-order valence-electron chi connectivity index (χ2n) is 6.51. The number of hydroxylamine groups is 1. The highest BCUT2D eigenvalue weighted by atomic mass is 16.5. The SMILES string of the molecule is CCC1(C(=O)N[C@@H](CCCN)C(=O)NO)C=CC(c2ccccc2)=CC1. The van der Waals surface area contributed by atoms with Gasteiger partial charge in [-0.1, -0.05) is 55.5 Å². The molecule has 1 aliphatic carbocycles. The summed E-state index contributed by atoms with van der Waals surface area (Å²) in [5.41, 5.74) is 8.59. The average Bonchev–Trinajstić information content (AvgIpc) is 2.71. The number of benzene rings is 1. The summed E-state index contributed by atoms with van der Waals surface area (Å²) in [6.07, 6.45) is 8.05. The third kappa shape index (κ3) is 4.59. The number of rotatable bonds is 8. The standard InChI is InChI=1S/C20H27N3O3/c1-2-20(19(25)22-17(9-6-14-21)18(24)23-26)12-10-16(11-13-20)15-7-4-3-5-8-15/h3-5,7-8,10-12,17,26H,2,6,9,13-14,21H2,1H3,(H,22,25)(H,23,24)/t17-,20?/m0/s1. The first-order chi connectivity index (χ1) is 12.6. The first kappa shape index (κ1) is 19.9. The molecule has 1 unspecified atom stereocenters. The van der Waals surface area contributed by atoms with Crippen molar-refractivity contribution in [1.29, 1.82) is 0 Å². The van der Waals surface area contributed by atoms with E-state index in [-0.39, 0.29) is 5.91 Å². The second kappa shape index (κ2) is 9.31. The normalized spacial score (nSPS) is 20.2. The maximum atomic E-state index is 12.9. The summed E-state index contributed by atoms with van der Waals surface area (Å²) in [5, 5.41) is 11.7. The van der Waals surface area contributed by atoms with Crippen molar-refractivity contribution in [2.24, 2.45) is 11.1 Å². The second-order valence-corrected chi connectivity index (χ2v) is 6.51. The van der Waals surface area contributed by atoms with E-state index in [4.69, 9.17) is 10.9 Å². The fourth-order valence-corrected chi connectivity index (χ4v) is 3.08. The lowest BCUT2D eigenvalue weighted by molar-refractivity contribution is -0.137. The molecule has 1 aromatic carbocycles. The molecule has 0 radical (unpaired) electrons. The molecule has 1 aliphatic rings. The molecule has 140 valence electrons. The van der Waals surface area contributed by atoms with Gasteiger partial charge in [0.25, 0.3) is 5.91 Å². The van der Waals surface area contributed by atoms with Crippen molar-refractivity contribution in [3.05, 3.63) is 54.1 Å². The van der Waals surface area contributed by atoms with E-state index in [9.17, 15) is 9.59 Å². The molecule has 0 aliphatic heterocycles. The molecule has 0 heterocycles. The van der Waals surface area contributed by atoms with Gasteiger partial charge < -0.3 is 11.1 Å². The summed E-state index contributed by atoms with van der Waals surface area (Å²) in [4.78, 5) is 24.7. The largest absolute Gasteiger partial charge is 0.343 e. The molecule has 2 atom stereocenters. The van der Waals surface area contributed by atoms with Crippen LogP contribution < -0.4 is 16.5 Å². The van der Waals surface area contributed by atoms with Crippen LogP contribution in [0.25, 0.3) is 5.57 Å². The van der Waals surface area contributed by atoms with Crippen LogP contribution in [-0.2, 0) is 9.59 Å². The van der Waals surface area contributed by atoms with Crippen molar-refractivity contribution in [3.63, 3.8) is 0 Å². The van der Waals surface area contributed by atoms with Gasteiger partial charge in [0, 0.05) is 0 Å². The molecule has 0 saturated carbocycles. The van der Waals surface area contributed by atoms with Crippen LogP contribution in [-0.4, -0.2) is 29.6 Å². The molecule has 0 spiro atoms. The summed E-state index contributed by atoms with van der Waals surface area (Å²) in [7, 11) is 0. The Morgan fingerprint density at radius 1 is 1.31 bits per heavy atom. The van der Waals surface area contributed by atoms with Crippen LogP contribution in [0.15, 0.2) is 48.6 Å². The van der Waals surface area contributed by atoms with Crippen LogP contribution in [0, 0.1) is 5.41 Å². The monoisotopic (exact) mass is 357 g/mol. The van der Waals surface area contributed by atoms with Crippen molar-refractivity contribution >= 4 is 17.4 Å². The first-order valence-electron chi connectivity index (χ1n) is 8.96. The molecule has 5 N–H and O–H groups in total. The molecule has 1 aromatic rings. The maximum absolute atomic E-state index is 12.9. The minimum atomic E-state index is -0.799. The van der Waals surface area contributed by atoms with Crippen LogP contribution in [0.4, 0.5) is 0 Å². The van der Waals surface area contributed by atoms with Crippen LogP contribution >= 0.6 is 0 Å². The van der Waals surface area contributed by atoms with Gasteiger partial charge in [-0.2, -0.15) is 0 Å². The Labute approximate surface area is 154 Å². The van der Waals surface area contributed by atoms with E-state index in [2.05, 4.69) is 11.4 Å². The molecule has 2 amide bonds. The zero-order valence-corrected chi connectivity index (χ0v) is 15.1. The minimum Gasteiger partial charge on any atom is -0.343 e. The lowest BCUT2D eigenvalue weighted by Gasteiger charge is -2.31. The molecule has 6 heteroatoms. The number of carbonyl (C=O) groups is 2. The number of nitrogens with one attached hydrogen (secondary N) is 2. The Morgan fingerprint density at radius 2 is 2.04 bits per heavy atom. The Morgan fingerprint density at radius 3 is 2.58 bits per heavy atom. The van der Waals surface area contributed by atoms with E-state index in [1.54, 1.807) is 5.48 Å². The fourth-order valence-electron chi connectivity index (χ4n) is 3.08. The van der Waals surface area contributed by atoms with Crippen LogP contribution in [0.2, 0.25) is 0 Å². The summed E-state index contributed by atoms with van der Waals surface area (Å²) in [5.74, 6) is -0.844. The van der Waals surface area contributed by atoms with Crippen molar-refractivity contribution in [2.75, 3.05) is 6.54 Å². The zero-order valence-electron chi connectivity index (χ0n) is 15.1. The van der Waals surface area contributed by atoms with Crippen molar-refractivity contribution in [1.82, 2.24) is 10.8 Å². The van der Waals surface area contributed by atoms with Crippen molar-refractivity contribution in [3.8, 4) is 0 Å². The van der Waals surface area contributed by atoms with Gasteiger partial charge in [0.05, 0.1) is 5.41 Å². The van der Waals surface area contributed by atoms with Crippen LogP contribution in [0.5, 0.6) is 0 Å². The first-order valence-corrected chi connectivity index (χ1v) is 8.96. The number of nitrogens with two attached hydrogens (primary N) is 1. The quantitative estimate of drug-likeness (QED) is 0.423. The lowest BCUT2D eigenvalue weighted by Crippen LogP contribution is -2.51. The summed E-state index contributed by atoms with van der Waals surface area (Å²) in [6.45, 7) is 2.36. The van der Waals surface area contributed by atoms with Crippen molar-refractivity contribution in [2.45, 2.75) is 38.6 Å². The zero-order chi connectivity index (χ0) is 19.0.